The Bertz CT molecular complexity index is 522. The average molecular weight is 284 g/mol. The van der Waals surface area contributed by atoms with Gasteiger partial charge in [-0.25, -0.2) is 9.07 Å². The van der Waals surface area contributed by atoms with Crippen molar-refractivity contribution in [3.63, 3.8) is 0 Å². The Kier molecular flexibility index (Phi) is 2.96. The van der Waals surface area contributed by atoms with E-state index in [0.717, 1.165) is 10.0 Å². The van der Waals surface area contributed by atoms with Crippen LogP contribution in [0.25, 0.3) is 0 Å². The highest BCUT2D eigenvalue weighted by Gasteiger charge is 2.06. The minimum atomic E-state index is -0.196. The van der Waals surface area contributed by atoms with E-state index in [1.165, 1.54) is 6.07 Å². The maximum Gasteiger partial charge on any atom is 0.136 e. The van der Waals surface area contributed by atoms with Crippen LogP contribution >= 0.6 is 15.9 Å². The molecule has 0 fully saturated rings. The van der Waals surface area contributed by atoms with Crippen molar-refractivity contribution in [3.05, 3.63) is 45.8 Å². The predicted molar refractivity (Wildman–Crippen MR) is 64.6 cm³/mol. The highest BCUT2D eigenvalue weighted by atomic mass is 79.9. The van der Waals surface area contributed by atoms with Crippen LogP contribution in [-0.2, 0) is 6.54 Å². The molecule has 0 bridgehead atoms. The first-order chi connectivity index (χ1) is 7.58. The molecule has 0 aliphatic rings. The van der Waals surface area contributed by atoms with Crippen molar-refractivity contribution in [3.8, 4) is 0 Å². The van der Waals surface area contributed by atoms with E-state index in [1.54, 1.807) is 29.9 Å². The molecule has 84 valence electrons. The summed E-state index contributed by atoms with van der Waals surface area (Å²) < 4.78 is 15.5. The highest BCUT2D eigenvalue weighted by Crippen LogP contribution is 2.19. The molecule has 1 heterocycles. The zero-order chi connectivity index (χ0) is 11.7. The second-order valence-electron chi connectivity index (χ2n) is 3.62. The zero-order valence-corrected chi connectivity index (χ0v) is 10.3. The van der Waals surface area contributed by atoms with Gasteiger partial charge in [0.05, 0.1) is 17.2 Å². The zero-order valence-electron chi connectivity index (χ0n) is 8.74. The standard InChI is InChI=1S/C11H11BrFN3/c1-7-4-8(2-3-10(7)13)6-16-11(14)9(12)5-15-16/h2-5H,6,14H2,1H3. The normalized spacial score (nSPS) is 10.7. The van der Waals surface area contributed by atoms with Gasteiger partial charge >= 0.3 is 0 Å². The molecule has 2 aromatic rings. The molecule has 1 aromatic heterocycles. The molecule has 2 N–H and O–H groups in total. The molecule has 0 amide bonds. The molecule has 0 radical (unpaired) electrons. The quantitative estimate of drug-likeness (QED) is 0.921. The van der Waals surface area contributed by atoms with Crippen molar-refractivity contribution >= 4 is 21.7 Å². The Labute approximate surface area is 101 Å². The number of anilines is 1. The summed E-state index contributed by atoms with van der Waals surface area (Å²) in [5.74, 6) is 0.375. The number of hydrogen-bond donors (Lipinski definition) is 1. The average Bonchev–Trinajstić information content (AvgIpc) is 2.55. The number of nitrogen functional groups attached to an aromatic ring is 1. The van der Waals surface area contributed by atoms with Crippen LogP contribution in [-0.4, -0.2) is 9.78 Å². The second kappa shape index (κ2) is 4.25. The predicted octanol–water partition coefficient (Wildman–Crippen LogP) is 2.72. The fourth-order valence-electron chi connectivity index (χ4n) is 1.48. The first kappa shape index (κ1) is 11.1. The van der Waals surface area contributed by atoms with Crippen molar-refractivity contribution in [2.24, 2.45) is 0 Å². The lowest BCUT2D eigenvalue weighted by Gasteiger charge is -2.06. The van der Waals surface area contributed by atoms with Gasteiger partial charge in [0, 0.05) is 0 Å². The molecule has 0 saturated carbocycles. The largest absolute Gasteiger partial charge is 0.383 e. The fourth-order valence-corrected chi connectivity index (χ4v) is 1.77. The van der Waals surface area contributed by atoms with Gasteiger partial charge in [-0.3, -0.25) is 0 Å². The third-order valence-electron chi connectivity index (χ3n) is 2.39. The number of benzene rings is 1. The van der Waals surface area contributed by atoms with E-state index in [2.05, 4.69) is 21.0 Å². The van der Waals surface area contributed by atoms with Gasteiger partial charge in [0.1, 0.15) is 11.6 Å². The van der Waals surface area contributed by atoms with Crippen LogP contribution in [0, 0.1) is 12.7 Å². The van der Waals surface area contributed by atoms with Crippen molar-refractivity contribution < 1.29 is 4.39 Å². The molecule has 0 saturated heterocycles. The number of nitrogens with two attached hydrogens (primary N) is 1. The molecule has 2 rings (SSSR count). The van der Waals surface area contributed by atoms with Crippen molar-refractivity contribution in [1.29, 1.82) is 0 Å². The first-order valence-corrected chi connectivity index (χ1v) is 5.59. The van der Waals surface area contributed by atoms with E-state index >= 15 is 0 Å². The first-order valence-electron chi connectivity index (χ1n) is 4.79. The number of aromatic nitrogens is 2. The van der Waals surface area contributed by atoms with Gasteiger partial charge < -0.3 is 5.73 Å². The van der Waals surface area contributed by atoms with Crippen LogP contribution in [0.2, 0.25) is 0 Å². The highest BCUT2D eigenvalue weighted by molar-refractivity contribution is 9.10. The molecule has 0 spiro atoms. The Balaban J connectivity index is 2.27. The third-order valence-corrected chi connectivity index (χ3v) is 3.00. The Morgan fingerprint density at radius 3 is 2.81 bits per heavy atom. The maximum atomic E-state index is 13.1. The minimum absolute atomic E-state index is 0.196. The molecule has 0 atom stereocenters. The lowest BCUT2D eigenvalue weighted by molar-refractivity contribution is 0.615. The summed E-state index contributed by atoms with van der Waals surface area (Å²) in [6.45, 7) is 2.28. The van der Waals surface area contributed by atoms with Gasteiger partial charge in [-0.05, 0) is 40.0 Å². The summed E-state index contributed by atoms with van der Waals surface area (Å²) in [5, 5.41) is 4.11. The number of aryl methyl sites for hydroxylation is 1. The van der Waals surface area contributed by atoms with E-state index in [4.69, 9.17) is 5.73 Å². The van der Waals surface area contributed by atoms with Crippen LogP contribution < -0.4 is 5.73 Å². The van der Waals surface area contributed by atoms with E-state index in [-0.39, 0.29) is 5.82 Å². The van der Waals surface area contributed by atoms with Crippen LogP contribution in [0.1, 0.15) is 11.1 Å². The second-order valence-corrected chi connectivity index (χ2v) is 4.47. The van der Waals surface area contributed by atoms with Gasteiger partial charge in [0.15, 0.2) is 0 Å². The number of halogens is 2. The monoisotopic (exact) mass is 283 g/mol. The van der Waals surface area contributed by atoms with E-state index in [0.29, 0.717) is 17.9 Å². The van der Waals surface area contributed by atoms with Crippen molar-refractivity contribution in [2.75, 3.05) is 5.73 Å². The summed E-state index contributed by atoms with van der Waals surface area (Å²) in [5.41, 5.74) is 7.40. The topological polar surface area (TPSA) is 43.8 Å². The molecule has 1 aromatic carbocycles. The molecule has 0 aliphatic heterocycles. The Morgan fingerprint density at radius 2 is 2.25 bits per heavy atom. The summed E-state index contributed by atoms with van der Waals surface area (Å²) in [7, 11) is 0. The van der Waals surface area contributed by atoms with E-state index < -0.39 is 0 Å². The maximum absolute atomic E-state index is 13.1. The molecular formula is C11H11BrFN3. The molecule has 16 heavy (non-hydrogen) atoms. The number of nitrogens with zero attached hydrogens (tertiary/aromatic N) is 2. The van der Waals surface area contributed by atoms with Gasteiger partial charge in [0.2, 0.25) is 0 Å². The molecule has 0 unspecified atom stereocenters. The van der Waals surface area contributed by atoms with Crippen molar-refractivity contribution in [2.45, 2.75) is 13.5 Å². The summed E-state index contributed by atoms with van der Waals surface area (Å²) in [6, 6.07) is 4.99. The van der Waals surface area contributed by atoms with Crippen LogP contribution in [0.5, 0.6) is 0 Å². The van der Waals surface area contributed by atoms with Crippen molar-refractivity contribution in [1.82, 2.24) is 9.78 Å². The molecule has 5 heteroatoms. The number of rotatable bonds is 2. The fraction of sp³-hybridized carbons (Fsp3) is 0.182. The smallest absolute Gasteiger partial charge is 0.136 e. The lowest BCUT2D eigenvalue weighted by atomic mass is 10.1. The summed E-state index contributed by atoms with van der Waals surface area (Å²) >= 11 is 3.29. The van der Waals surface area contributed by atoms with Gasteiger partial charge in [0.25, 0.3) is 0 Å². The Morgan fingerprint density at radius 1 is 1.50 bits per heavy atom. The Hall–Kier alpha value is -1.36. The van der Waals surface area contributed by atoms with Crippen LogP contribution in [0.4, 0.5) is 10.2 Å². The third kappa shape index (κ3) is 2.09. The summed E-state index contributed by atoms with van der Waals surface area (Å²) in [4.78, 5) is 0. The molecule has 3 nitrogen and oxygen atoms in total. The van der Waals surface area contributed by atoms with E-state index in [1.807, 2.05) is 0 Å². The van der Waals surface area contributed by atoms with Gasteiger partial charge in [-0.15, -0.1) is 0 Å². The number of hydrogen-bond acceptors (Lipinski definition) is 2. The summed E-state index contributed by atoms with van der Waals surface area (Å²) in [6.07, 6.45) is 1.64. The lowest BCUT2D eigenvalue weighted by Crippen LogP contribution is -2.06. The van der Waals surface area contributed by atoms with E-state index in [9.17, 15) is 4.39 Å². The SMILES string of the molecule is Cc1cc(Cn2ncc(Br)c2N)ccc1F. The van der Waals surface area contributed by atoms with Crippen LogP contribution in [0.15, 0.2) is 28.9 Å². The van der Waals surface area contributed by atoms with Crippen LogP contribution in [0.3, 0.4) is 0 Å². The molecule has 0 aliphatic carbocycles. The van der Waals surface area contributed by atoms with Gasteiger partial charge in [-0.2, -0.15) is 5.10 Å². The molecular weight excluding hydrogens is 273 g/mol. The van der Waals surface area contributed by atoms with Gasteiger partial charge in [-0.1, -0.05) is 12.1 Å². The minimum Gasteiger partial charge on any atom is -0.383 e.